The molecule has 2 heterocycles. The van der Waals surface area contributed by atoms with E-state index in [4.69, 9.17) is 0 Å². The fourth-order valence-corrected chi connectivity index (χ4v) is 2.25. The van der Waals surface area contributed by atoms with Crippen LogP contribution in [0.4, 0.5) is 5.69 Å². The van der Waals surface area contributed by atoms with Crippen LogP contribution in [0.25, 0.3) is 0 Å². The van der Waals surface area contributed by atoms with Crippen molar-refractivity contribution in [3.8, 4) is 0 Å². The molecule has 1 N–H and O–H groups in total. The standard InChI is InChI=1S/C13H20N4O2/c1-3-5-11-13(19)17(7-6-12(18)15-11)10-8-14-16(4-2)9-10/h8-9,11H,3-7H2,1-2H3,(H,15,18). The second-order valence-corrected chi connectivity index (χ2v) is 4.70. The zero-order valence-electron chi connectivity index (χ0n) is 11.4. The Bertz CT molecular complexity index is 469. The lowest BCUT2D eigenvalue weighted by atomic mass is 10.1. The van der Waals surface area contributed by atoms with Crippen LogP contribution < -0.4 is 10.2 Å². The summed E-state index contributed by atoms with van der Waals surface area (Å²) in [5, 5.41) is 6.98. The first-order valence-electron chi connectivity index (χ1n) is 6.79. The van der Waals surface area contributed by atoms with Crippen molar-refractivity contribution in [3.63, 3.8) is 0 Å². The number of aryl methyl sites for hydroxylation is 1. The van der Waals surface area contributed by atoms with Crippen molar-refractivity contribution in [2.75, 3.05) is 11.4 Å². The molecule has 1 saturated heterocycles. The molecule has 0 radical (unpaired) electrons. The predicted molar refractivity (Wildman–Crippen MR) is 71.7 cm³/mol. The molecule has 1 atom stereocenters. The van der Waals surface area contributed by atoms with Crippen LogP contribution in [0.5, 0.6) is 0 Å². The van der Waals surface area contributed by atoms with Crippen molar-refractivity contribution in [2.24, 2.45) is 0 Å². The summed E-state index contributed by atoms with van der Waals surface area (Å²) < 4.78 is 1.78. The van der Waals surface area contributed by atoms with E-state index >= 15 is 0 Å². The minimum Gasteiger partial charge on any atom is -0.344 e. The third-order valence-electron chi connectivity index (χ3n) is 3.29. The van der Waals surface area contributed by atoms with Crippen LogP contribution in [-0.4, -0.2) is 34.2 Å². The Hall–Kier alpha value is -1.85. The van der Waals surface area contributed by atoms with Gasteiger partial charge >= 0.3 is 0 Å². The maximum atomic E-state index is 12.5. The second-order valence-electron chi connectivity index (χ2n) is 4.70. The monoisotopic (exact) mass is 264 g/mol. The van der Waals surface area contributed by atoms with E-state index in [1.54, 1.807) is 15.8 Å². The molecule has 0 bridgehead atoms. The summed E-state index contributed by atoms with van der Waals surface area (Å²) in [7, 11) is 0. The number of aromatic nitrogens is 2. The quantitative estimate of drug-likeness (QED) is 0.879. The SMILES string of the molecule is CCCC1NC(=O)CCN(c2cnn(CC)c2)C1=O. The van der Waals surface area contributed by atoms with Crippen molar-refractivity contribution in [3.05, 3.63) is 12.4 Å². The molecule has 1 fully saturated rings. The molecular weight excluding hydrogens is 244 g/mol. The van der Waals surface area contributed by atoms with E-state index in [-0.39, 0.29) is 11.8 Å². The first kappa shape index (κ1) is 13.6. The number of rotatable bonds is 4. The third kappa shape index (κ3) is 2.94. The average Bonchev–Trinajstić information content (AvgIpc) is 2.82. The highest BCUT2D eigenvalue weighted by Gasteiger charge is 2.30. The molecule has 1 aromatic rings. The molecule has 6 nitrogen and oxygen atoms in total. The number of hydrogen-bond acceptors (Lipinski definition) is 3. The lowest BCUT2D eigenvalue weighted by Gasteiger charge is -2.22. The van der Waals surface area contributed by atoms with Gasteiger partial charge in [0.25, 0.3) is 0 Å². The largest absolute Gasteiger partial charge is 0.344 e. The highest BCUT2D eigenvalue weighted by molar-refractivity contribution is 6.01. The maximum absolute atomic E-state index is 12.5. The molecule has 2 rings (SSSR count). The van der Waals surface area contributed by atoms with Crippen molar-refractivity contribution in [1.82, 2.24) is 15.1 Å². The van der Waals surface area contributed by atoms with Gasteiger partial charge in [-0.15, -0.1) is 0 Å². The van der Waals surface area contributed by atoms with Crippen molar-refractivity contribution in [1.29, 1.82) is 0 Å². The van der Waals surface area contributed by atoms with Gasteiger partial charge in [-0.3, -0.25) is 14.3 Å². The predicted octanol–water partition coefficient (Wildman–Crippen LogP) is 0.925. The Morgan fingerprint density at radius 1 is 1.42 bits per heavy atom. The van der Waals surface area contributed by atoms with Crippen LogP contribution in [0.2, 0.25) is 0 Å². The van der Waals surface area contributed by atoms with Gasteiger partial charge in [-0.25, -0.2) is 0 Å². The van der Waals surface area contributed by atoms with Gasteiger partial charge in [0.05, 0.1) is 11.9 Å². The molecule has 1 aromatic heterocycles. The number of amides is 2. The molecule has 0 aliphatic carbocycles. The first-order valence-corrected chi connectivity index (χ1v) is 6.79. The number of nitrogens with zero attached hydrogens (tertiary/aromatic N) is 3. The van der Waals surface area contributed by atoms with E-state index in [9.17, 15) is 9.59 Å². The summed E-state index contributed by atoms with van der Waals surface area (Å²) in [5.74, 6) is -0.0967. The molecular formula is C13H20N4O2. The molecule has 19 heavy (non-hydrogen) atoms. The highest BCUT2D eigenvalue weighted by atomic mass is 16.2. The summed E-state index contributed by atoms with van der Waals surface area (Å²) in [5.41, 5.74) is 0.768. The van der Waals surface area contributed by atoms with Crippen LogP contribution in [0.3, 0.4) is 0 Å². The van der Waals surface area contributed by atoms with Crippen LogP contribution in [0.1, 0.15) is 33.1 Å². The van der Waals surface area contributed by atoms with E-state index in [0.29, 0.717) is 19.4 Å². The van der Waals surface area contributed by atoms with E-state index in [2.05, 4.69) is 10.4 Å². The van der Waals surface area contributed by atoms with Crippen molar-refractivity contribution < 1.29 is 9.59 Å². The van der Waals surface area contributed by atoms with Gasteiger partial charge in [0.15, 0.2) is 0 Å². The summed E-state index contributed by atoms with van der Waals surface area (Å²) >= 11 is 0. The zero-order valence-corrected chi connectivity index (χ0v) is 11.4. The van der Waals surface area contributed by atoms with Crippen LogP contribution in [-0.2, 0) is 16.1 Å². The number of anilines is 1. The Morgan fingerprint density at radius 2 is 2.21 bits per heavy atom. The van der Waals surface area contributed by atoms with Crippen molar-refractivity contribution in [2.45, 2.75) is 45.7 Å². The fourth-order valence-electron chi connectivity index (χ4n) is 2.25. The maximum Gasteiger partial charge on any atom is 0.249 e. The zero-order chi connectivity index (χ0) is 13.8. The van der Waals surface area contributed by atoms with E-state index in [1.807, 2.05) is 20.0 Å². The summed E-state index contributed by atoms with van der Waals surface area (Å²) in [6.07, 6.45) is 5.39. The average molecular weight is 264 g/mol. The van der Waals surface area contributed by atoms with Crippen molar-refractivity contribution >= 4 is 17.5 Å². The third-order valence-corrected chi connectivity index (χ3v) is 3.29. The molecule has 1 unspecified atom stereocenters. The Morgan fingerprint density at radius 3 is 2.84 bits per heavy atom. The van der Waals surface area contributed by atoms with Gasteiger partial charge in [-0.2, -0.15) is 5.10 Å². The van der Waals surface area contributed by atoms with Crippen LogP contribution in [0, 0.1) is 0 Å². The van der Waals surface area contributed by atoms with Crippen LogP contribution in [0.15, 0.2) is 12.4 Å². The molecule has 0 aromatic carbocycles. The minimum absolute atomic E-state index is 0.0386. The molecule has 0 spiro atoms. The Balaban J connectivity index is 2.22. The molecule has 0 saturated carbocycles. The van der Waals surface area contributed by atoms with Gasteiger partial charge in [-0.05, 0) is 13.3 Å². The number of hydrogen-bond donors (Lipinski definition) is 1. The van der Waals surface area contributed by atoms with Gasteiger partial charge in [0.2, 0.25) is 11.8 Å². The van der Waals surface area contributed by atoms with E-state index in [1.165, 1.54) is 0 Å². The molecule has 104 valence electrons. The minimum atomic E-state index is -0.412. The smallest absolute Gasteiger partial charge is 0.249 e. The number of carbonyl (C=O) groups excluding carboxylic acids is 2. The lowest BCUT2D eigenvalue weighted by molar-refractivity contribution is -0.125. The second kappa shape index (κ2) is 5.86. The van der Waals surface area contributed by atoms with E-state index in [0.717, 1.165) is 18.7 Å². The Labute approximate surface area is 112 Å². The molecule has 1 aliphatic rings. The topological polar surface area (TPSA) is 67.2 Å². The van der Waals surface area contributed by atoms with E-state index < -0.39 is 6.04 Å². The number of carbonyl (C=O) groups is 2. The summed E-state index contributed by atoms with van der Waals surface area (Å²) in [4.78, 5) is 25.8. The van der Waals surface area contributed by atoms with Gasteiger partial charge < -0.3 is 10.2 Å². The normalized spacial score (nSPS) is 20.3. The summed E-state index contributed by atoms with van der Waals surface area (Å²) in [6, 6.07) is -0.412. The molecule has 2 amide bonds. The summed E-state index contributed by atoms with van der Waals surface area (Å²) in [6.45, 7) is 5.17. The lowest BCUT2D eigenvalue weighted by Crippen LogP contribution is -2.44. The van der Waals surface area contributed by atoms with Crippen LogP contribution >= 0.6 is 0 Å². The number of nitrogens with one attached hydrogen (secondary N) is 1. The first-order chi connectivity index (χ1) is 9.15. The molecule has 1 aliphatic heterocycles. The molecule has 6 heteroatoms. The van der Waals surface area contributed by atoms with Gasteiger partial charge in [-0.1, -0.05) is 13.3 Å². The highest BCUT2D eigenvalue weighted by Crippen LogP contribution is 2.18. The fraction of sp³-hybridized carbons (Fsp3) is 0.615. The Kier molecular flexibility index (Phi) is 4.19. The van der Waals surface area contributed by atoms with Gasteiger partial charge in [0.1, 0.15) is 6.04 Å². The van der Waals surface area contributed by atoms with Gasteiger partial charge in [0, 0.05) is 25.7 Å².